The van der Waals surface area contributed by atoms with Crippen molar-refractivity contribution in [3.05, 3.63) is 71.8 Å². The van der Waals surface area contributed by atoms with Gasteiger partial charge in [-0.25, -0.2) is 0 Å². The van der Waals surface area contributed by atoms with Crippen LogP contribution in [-0.4, -0.2) is 7.11 Å². The summed E-state index contributed by atoms with van der Waals surface area (Å²) in [6.07, 6.45) is 0. The average Bonchev–Trinajstić information content (AvgIpc) is 2.58. The van der Waals surface area contributed by atoms with Gasteiger partial charge in [0.1, 0.15) is 5.75 Å². The lowest BCUT2D eigenvalue weighted by Crippen LogP contribution is -1.98. The maximum atomic E-state index is 6.02. The van der Waals surface area contributed by atoms with Gasteiger partial charge >= 0.3 is 0 Å². The van der Waals surface area contributed by atoms with Crippen LogP contribution in [0.5, 0.6) is 5.75 Å². The number of para-hydroxylation sites is 2. The molecule has 0 spiro atoms. The zero-order valence-electron chi connectivity index (χ0n) is 14.3. The maximum absolute atomic E-state index is 6.02. The fourth-order valence-corrected chi connectivity index (χ4v) is 2.98. The Kier molecular flexibility index (Phi) is 4.43. The van der Waals surface area contributed by atoms with Crippen LogP contribution in [0.25, 0.3) is 11.1 Å². The zero-order valence-corrected chi connectivity index (χ0v) is 14.3. The Labute approximate surface area is 143 Å². The number of hydrogen-bond acceptors (Lipinski definition) is 3. The summed E-state index contributed by atoms with van der Waals surface area (Å²) in [4.78, 5) is 0. The molecule has 0 fully saturated rings. The molecule has 0 aliphatic heterocycles. The Morgan fingerprint density at radius 1 is 0.833 bits per heavy atom. The van der Waals surface area contributed by atoms with E-state index in [9.17, 15) is 0 Å². The molecule has 3 N–H and O–H groups in total. The summed E-state index contributed by atoms with van der Waals surface area (Å²) in [6.45, 7) is 4.26. The smallest absolute Gasteiger partial charge is 0.142 e. The summed E-state index contributed by atoms with van der Waals surface area (Å²) in [7, 11) is 1.68. The first kappa shape index (κ1) is 15.9. The van der Waals surface area contributed by atoms with E-state index in [-0.39, 0.29) is 0 Å². The highest BCUT2D eigenvalue weighted by atomic mass is 16.5. The number of nitrogens with one attached hydrogen (secondary N) is 1. The molecule has 24 heavy (non-hydrogen) atoms. The van der Waals surface area contributed by atoms with Crippen molar-refractivity contribution < 1.29 is 4.74 Å². The largest absolute Gasteiger partial charge is 0.495 e. The van der Waals surface area contributed by atoms with Crippen molar-refractivity contribution in [2.24, 2.45) is 0 Å². The molecule has 0 saturated heterocycles. The van der Waals surface area contributed by atoms with E-state index in [1.165, 1.54) is 16.7 Å². The first-order valence-corrected chi connectivity index (χ1v) is 7.96. The van der Waals surface area contributed by atoms with Gasteiger partial charge in [-0.15, -0.1) is 0 Å². The van der Waals surface area contributed by atoms with Crippen LogP contribution in [-0.2, 0) is 0 Å². The molecule has 3 aromatic rings. The van der Waals surface area contributed by atoms with Gasteiger partial charge in [0.25, 0.3) is 0 Å². The lowest BCUT2D eigenvalue weighted by molar-refractivity contribution is 0.417. The van der Waals surface area contributed by atoms with Crippen molar-refractivity contribution in [3.63, 3.8) is 0 Å². The number of rotatable bonds is 4. The van der Waals surface area contributed by atoms with Crippen molar-refractivity contribution in [2.45, 2.75) is 13.8 Å². The average molecular weight is 318 g/mol. The minimum atomic E-state index is 0.707. The second-order valence-electron chi connectivity index (χ2n) is 5.89. The summed E-state index contributed by atoms with van der Waals surface area (Å²) in [5, 5.41) is 3.35. The predicted octanol–water partition coefficient (Wildman–Crippen LogP) is 5.30. The molecule has 3 heteroatoms. The highest BCUT2D eigenvalue weighted by Crippen LogP contribution is 2.36. The highest BCUT2D eigenvalue weighted by Gasteiger charge is 2.10. The Bertz CT molecular complexity index is 851. The zero-order chi connectivity index (χ0) is 17.1. The molecule has 0 unspecified atom stereocenters. The van der Waals surface area contributed by atoms with Gasteiger partial charge in [-0.2, -0.15) is 0 Å². The molecule has 3 aromatic carbocycles. The molecule has 3 rings (SSSR count). The quantitative estimate of drug-likeness (QED) is 0.641. The summed E-state index contributed by atoms with van der Waals surface area (Å²) in [6, 6.07) is 20.3. The number of ether oxygens (including phenoxy) is 1. The van der Waals surface area contributed by atoms with Crippen molar-refractivity contribution in [1.82, 2.24) is 0 Å². The number of anilines is 3. The molecule has 0 aliphatic rings. The SMILES string of the molecule is COc1cc(-c2c(C)cccc2C)ccc1Nc1ccccc1N. The molecular formula is C21H22N2O. The van der Waals surface area contributed by atoms with Crippen LogP contribution in [0.3, 0.4) is 0 Å². The molecule has 0 amide bonds. The topological polar surface area (TPSA) is 47.3 Å². The van der Waals surface area contributed by atoms with E-state index in [1.54, 1.807) is 7.11 Å². The number of methoxy groups -OCH3 is 1. The van der Waals surface area contributed by atoms with Gasteiger partial charge in [-0.05, 0) is 60.4 Å². The Hall–Kier alpha value is -2.94. The molecule has 3 nitrogen and oxygen atoms in total. The third-order valence-corrected chi connectivity index (χ3v) is 4.20. The van der Waals surface area contributed by atoms with E-state index in [1.807, 2.05) is 30.3 Å². The van der Waals surface area contributed by atoms with Crippen molar-refractivity contribution in [3.8, 4) is 16.9 Å². The van der Waals surface area contributed by atoms with E-state index >= 15 is 0 Å². The summed E-state index contributed by atoms with van der Waals surface area (Å²) >= 11 is 0. The number of nitrogens with two attached hydrogens (primary N) is 1. The second-order valence-corrected chi connectivity index (χ2v) is 5.89. The number of hydrogen-bond donors (Lipinski definition) is 2. The van der Waals surface area contributed by atoms with Crippen LogP contribution < -0.4 is 15.8 Å². The highest BCUT2D eigenvalue weighted by molar-refractivity contribution is 5.79. The number of aryl methyl sites for hydroxylation is 2. The van der Waals surface area contributed by atoms with Crippen LogP contribution in [0.1, 0.15) is 11.1 Å². The Morgan fingerprint density at radius 2 is 1.54 bits per heavy atom. The molecular weight excluding hydrogens is 296 g/mol. The van der Waals surface area contributed by atoms with Gasteiger partial charge in [-0.1, -0.05) is 36.4 Å². The van der Waals surface area contributed by atoms with Gasteiger partial charge in [0.15, 0.2) is 0 Å². The number of benzene rings is 3. The lowest BCUT2D eigenvalue weighted by atomic mass is 9.95. The molecule has 122 valence electrons. The molecule has 0 saturated carbocycles. The maximum Gasteiger partial charge on any atom is 0.142 e. The lowest BCUT2D eigenvalue weighted by Gasteiger charge is -2.16. The molecule has 0 radical (unpaired) electrons. The second kappa shape index (κ2) is 6.67. The summed E-state index contributed by atoms with van der Waals surface area (Å²) in [5.74, 6) is 0.790. The van der Waals surface area contributed by atoms with Gasteiger partial charge in [0.05, 0.1) is 24.2 Å². The molecule has 0 atom stereocenters. The van der Waals surface area contributed by atoms with E-state index in [4.69, 9.17) is 10.5 Å². The number of nitrogen functional groups attached to an aromatic ring is 1. The van der Waals surface area contributed by atoms with Crippen LogP contribution in [0.4, 0.5) is 17.1 Å². The van der Waals surface area contributed by atoms with E-state index in [0.717, 1.165) is 22.7 Å². The summed E-state index contributed by atoms with van der Waals surface area (Å²) < 4.78 is 5.60. The van der Waals surface area contributed by atoms with Gasteiger partial charge in [0.2, 0.25) is 0 Å². The fourth-order valence-electron chi connectivity index (χ4n) is 2.98. The van der Waals surface area contributed by atoms with Crippen LogP contribution >= 0.6 is 0 Å². The Morgan fingerprint density at radius 3 is 2.21 bits per heavy atom. The van der Waals surface area contributed by atoms with E-state index in [2.05, 4.69) is 49.5 Å². The summed E-state index contributed by atoms with van der Waals surface area (Å²) in [5.41, 5.74) is 13.4. The first-order chi connectivity index (χ1) is 11.6. The minimum Gasteiger partial charge on any atom is -0.495 e. The van der Waals surface area contributed by atoms with Gasteiger partial charge in [0, 0.05) is 0 Å². The first-order valence-electron chi connectivity index (χ1n) is 7.96. The molecule has 0 bridgehead atoms. The van der Waals surface area contributed by atoms with E-state index < -0.39 is 0 Å². The van der Waals surface area contributed by atoms with Crippen LogP contribution in [0.2, 0.25) is 0 Å². The van der Waals surface area contributed by atoms with Crippen molar-refractivity contribution >= 4 is 17.1 Å². The van der Waals surface area contributed by atoms with Crippen LogP contribution in [0.15, 0.2) is 60.7 Å². The third kappa shape index (κ3) is 3.06. The third-order valence-electron chi connectivity index (χ3n) is 4.20. The van der Waals surface area contributed by atoms with Gasteiger partial charge < -0.3 is 15.8 Å². The predicted molar refractivity (Wildman–Crippen MR) is 102 cm³/mol. The minimum absolute atomic E-state index is 0.707. The molecule has 0 aliphatic carbocycles. The van der Waals surface area contributed by atoms with E-state index in [0.29, 0.717) is 5.69 Å². The molecule has 0 aromatic heterocycles. The fraction of sp³-hybridized carbons (Fsp3) is 0.143. The Balaban J connectivity index is 2.01. The molecule has 0 heterocycles. The van der Waals surface area contributed by atoms with Crippen molar-refractivity contribution in [2.75, 3.05) is 18.2 Å². The normalized spacial score (nSPS) is 10.5. The van der Waals surface area contributed by atoms with Gasteiger partial charge in [-0.3, -0.25) is 0 Å². The monoisotopic (exact) mass is 318 g/mol. The van der Waals surface area contributed by atoms with Crippen molar-refractivity contribution in [1.29, 1.82) is 0 Å². The standard InChI is InChI=1S/C21H22N2O/c1-14-7-6-8-15(2)21(14)16-11-12-19(20(13-16)24-3)23-18-10-5-4-9-17(18)22/h4-13,23H,22H2,1-3H3. The van der Waals surface area contributed by atoms with Crippen LogP contribution in [0, 0.1) is 13.8 Å².